The first kappa shape index (κ1) is 17.6. The summed E-state index contributed by atoms with van der Waals surface area (Å²) in [5, 5.41) is 5.19. The van der Waals surface area contributed by atoms with Crippen molar-refractivity contribution in [3.63, 3.8) is 0 Å². The number of amides is 1. The summed E-state index contributed by atoms with van der Waals surface area (Å²) in [5.74, 6) is -0.636. The van der Waals surface area contributed by atoms with Gasteiger partial charge in [-0.25, -0.2) is 15.0 Å². The predicted molar refractivity (Wildman–Crippen MR) is 81.5 cm³/mol. The molecule has 0 radical (unpaired) electrons. The van der Waals surface area contributed by atoms with Gasteiger partial charge < -0.3 is 10.6 Å². The number of halogens is 3. The number of rotatable bonds is 6. The van der Waals surface area contributed by atoms with Crippen LogP contribution >= 0.6 is 0 Å². The number of aromatic nitrogens is 3. The van der Waals surface area contributed by atoms with Gasteiger partial charge in [-0.3, -0.25) is 4.79 Å². The van der Waals surface area contributed by atoms with Crippen LogP contribution in [0, 0.1) is 0 Å². The molecule has 128 valence electrons. The zero-order valence-corrected chi connectivity index (χ0v) is 12.9. The van der Waals surface area contributed by atoms with Crippen molar-refractivity contribution < 1.29 is 18.0 Å². The van der Waals surface area contributed by atoms with Crippen LogP contribution in [0.3, 0.4) is 0 Å². The summed E-state index contributed by atoms with van der Waals surface area (Å²) in [6.07, 6.45) is 0.126. The fourth-order valence-corrected chi connectivity index (χ4v) is 2.05. The molecule has 2 rings (SSSR count). The van der Waals surface area contributed by atoms with Crippen LogP contribution in [-0.4, -0.2) is 33.9 Å². The highest BCUT2D eigenvalue weighted by Crippen LogP contribution is 2.33. The first-order chi connectivity index (χ1) is 11.4. The lowest BCUT2D eigenvalue weighted by atomic mass is 10.2. The molecule has 2 aromatic heterocycles. The average Bonchev–Trinajstić information content (AvgIpc) is 2.58. The van der Waals surface area contributed by atoms with Crippen molar-refractivity contribution in [2.75, 3.05) is 18.4 Å². The lowest BCUT2D eigenvalue weighted by molar-refractivity contribution is -0.137. The van der Waals surface area contributed by atoms with E-state index in [2.05, 4.69) is 25.6 Å². The number of anilines is 1. The Kier molecular flexibility index (Phi) is 5.67. The molecular formula is C15H16F3N5O. The van der Waals surface area contributed by atoms with Gasteiger partial charge in [0.05, 0.1) is 16.8 Å². The van der Waals surface area contributed by atoms with E-state index in [4.69, 9.17) is 0 Å². The second-order valence-electron chi connectivity index (χ2n) is 4.82. The van der Waals surface area contributed by atoms with Gasteiger partial charge in [-0.1, -0.05) is 6.92 Å². The molecule has 2 heterocycles. The largest absolute Gasteiger partial charge is 0.419 e. The van der Waals surface area contributed by atoms with Crippen molar-refractivity contribution in [2.24, 2.45) is 0 Å². The second-order valence-corrected chi connectivity index (χ2v) is 4.82. The molecule has 0 atom stereocenters. The Morgan fingerprint density at radius 2 is 2.04 bits per heavy atom. The van der Waals surface area contributed by atoms with Gasteiger partial charge in [0.25, 0.3) is 5.91 Å². The molecular weight excluding hydrogens is 323 g/mol. The zero-order valence-electron chi connectivity index (χ0n) is 12.9. The maximum Gasteiger partial charge on any atom is 0.419 e. The van der Waals surface area contributed by atoms with E-state index in [1.54, 1.807) is 0 Å². The molecule has 0 unspecified atom stereocenters. The van der Waals surface area contributed by atoms with E-state index < -0.39 is 11.7 Å². The standard InChI is InChI=1S/C15H16F3N5O/c1-2-12-10(8-19-9-23-12)14(24)22-7-6-21-13-11(15(16,17)18)4-3-5-20-13/h3-5,8-9H,2,6-7H2,1H3,(H,20,21)(H,22,24). The lowest BCUT2D eigenvalue weighted by Crippen LogP contribution is -2.30. The van der Waals surface area contributed by atoms with Gasteiger partial charge in [0.2, 0.25) is 0 Å². The maximum atomic E-state index is 12.8. The van der Waals surface area contributed by atoms with Crippen molar-refractivity contribution >= 4 is 11.7 Å². The van der Waals surface area contributed by atoms with Crippen LogP contribution in [-0.2, 0) is 12.6 Å². The van der Waals surface area contributed by atoms with Crippen LogP contribution < -0.4 is 10.6 Å². The number of aryl methyl sites for hydroxylation is 1. The quantitative estimate of drug-likeness (QED) is 0.790. The van der Waals surface area contributed by atoms with Crippen molar-refractivity contribution in [1.29, 1.82) is 0 Å². The maximum absolute atomic E-state index is 12.8. The van der Waals surface area contributed by atoms with Crippen LogP contribution in [0.1, 0.15) is 28.5 Å². The fraction of sp³-hybridized carbons (Fsp3) is 0.333. The Morgan fingerprint density at radius 3 is 2.75 bits per heavy atom. The molecule has 0 aliphatic carbocycles. The van der Waals surface area contributed by atoms with Gasteiger partial charge in [0.15, 0.2) is 0 Å². The van der Waals surface area contributed by atoms with Gasteiger partial charge in [-0.2, -0.15) is 13.2 Å². The molecule has 0 bridgehead atoms. The molecule has 0 aromatic carbocycles. The number of hydrogen-bond acceptors (Lipinski definition) is 5. The van der Waals surface area contributed by atoms with Crippen LogP contribution in [0.15, 0.2) is 30.9 Å². The topological polar surface area (TPSA) is 79.8 Å². The Balaban J connectivity index is 1.91. The third kappa shape index (κ3) is 4.40. The molecule has 6 nitrogen and oxygen atoms in total. The number of pyridine rings is 1. The minimum Gasteiger partial charge on any atom is -0.368 e. The van der Waals surface area contributed by atoms with Crippen LogP contribution in [0.4, 0.5) is 19.0 Å². The van der Waals surface area contributed by atoms with Crippen LogP contribution in [0.5, 0.6) is 0 Å². The summed E-state index contributed by atoms with van der Waals surface area (Å²) >= 11 is 0. The molecule has 0 aliphatic heterocycles. The van der Waals surface area contributed by atoms with Crippen molar-refractivity contribution in [3.8, 4) is 0 Å². The molecule has 0 saturated carbocycles. The minimum absolute atomic E-state index is 0.0982. The van der Waals surface area contributed by atoms with E-state index in [0.29, 0.717) is 17.7 Å². The lowest BCUT2D eigenvalue weighted by Gasteiger charge is -2.13. The summed E-state index contributed by atoms with van der Waals surface area (Å²) in [6.45, 7) is 2.09. The summed E-state index contributed by atoms with van der Waals surface area (Å²) in [5.41, 5.74) is 0.120. The Morgan fingerprint density at radius 1 is 1.25 bits per heavy atom. The third-order valence-corrected chi connectivity index (χ3v) is 3.19. The van der Waals surface area contributed by atoms with E-state index in [9.17, 15) is 18.0 Å². The highest BCUT2D eigenvalue weighted by atomic mass is 19.4. The van der Waals surface area contributed by atoms with E-state index >= 15 is 0 Å². The summed E-state index contributed by atoms with van der Waals surface area (Å²) < 4.78 is 38.5. The number of alkyl halides is 3. The Labute approximate surface area is 136 Å². The molecule has 1 amide bonds. The molecule has 0 saturated heterocycles. The zero-order chi connectivity index (χ0) is 17.6. The van der Waals surface area contributed by atoms with Gasteiger partial charge in [-0.05, 0) is 18.6 Å². The smallest absolute Gasteiger partial charge is 0.368 e. The number of nitrogens with one attached hydrogen (secondary N) is 2. The molecule has 0 spiro atoms. The third-order valence-electron chi connectivity index (χ3n) is 3.19. The Bertz CT molecular complexity index is 706. The highest BCUT2D eigenvalue weighted by molar-refractivity contribution is 5.94. The molecule has 0 aliphatic rings. The molecule has 2 N–H and O–H groups in total. The first-order valence-electron chi connectivity index (χ1n) is 7.26. The summed E-state index contributed by atoms with van der Waals surface area (Å²) in [4.78, 5) is 23.5. The van der Waals surface area contributed by atoms with E-state index in [0.717, 1.165) is 6.07 Å². The van der Waals surface area contributed by atoms with Crippen LogP contribution in [0.2, 0.25) is 0 Å². The van der Waals surface area contributed by atoms with Crippen LogP contribution in [0.25, 0.3) is 0 Å². The predicted octanol–water partition coefficient (Wildman–Crippen LogP) is 2.29. The first-order valence-corrected chi connectivity index (χ1v) is 7.26. The fourth-order valence-electron chi connectivity index (χ4n) is 2.05. The van der Waals surface area contributed by atoms with Gasteiger partial charge in [-0.15, -0.1) is 0 Å². The second kappa shape index (κ2) is 7.71. The van der Waals surface area contributed by atoms with Crippen molar-refractivity contribution in [3.05, 3.63) is 47.7 Å². The molecule has 2 aromatic rings. The summed E-state index contributed by atoms with van der Waals surface area (Å²) in [6, 6.07) is 2.17. The van der Waals surface area contributed by atoms with Gasteiger partial charge in [0, 0.05) is 25.5 Å². The summed E-state index contributed by atoms with van der Waals surface area (Å²) in [7, 11) is 0. The SMILES string of the molecule is CCc1ncncc1C(=O)NCCNc1ncccc1C(F)(F)F. The number of hydrogen-bond donors (Lipinski definition) is 2. The number of carbonyl (C=O) groups is 1. The number of nitrogens with zero attached hydrogens (tertiary/aromatic N) is 3. The molecule has 24 heavy (non-hydrogen) atoms. The van der Waals surface area contributed by atoms with Gasteiger partial charge >= 0.3 is 6.18 Å². The van der Waals surface area contributed by atoms with E-state index in [1.165, 1.54) is 24.8 Å². The number of carbonyl (C=O) groups excluding carboxylic acids is 1. The van der Waals surface area contributed by atoms with E-state index in [1.807, 2.05) is 6.92 Å². The van der Waals surface area contributed by atoms with Crippen molar-refractivity contribution in [1.82, 2.24) is 20.3 Å². The van der Waals surface area contributed by atoms with Gasteiger partial charge in [0.1, 0.15) is 12.1 Å². The van der Waals surface area contributed by atoms with E-state index in [-0.39, 0.29) is 24.8 Å². The highest BCUT2D eigenvalue weighted by Gasteiger charge is 2.33. The monoisotopic (exact) mass is 339 g/mol. The minimum atomic E-state index is -4.49. The average molecular weight is 339 g/mol. The molecule has 9 heteroatoms. The Hall–Kier alpha value is -2.71. The van der Waals surface area contributed by atoms with Crippen molar-refractivity contribution in [2.45, 2.75) is 19.5 Å². The molecule has 0 fully saturated rings. The normalized spacial score (nSPS) is 11.2.